The van der Waals surface area contributed by atoms with E-state index in [0.29, 0.717) is 18.2 Å². The maximum atomic E-state index is 5.68. The van der Waals surface area contributed by atoms with Crippen LogP contribution in [0.4, 0.5) is 0 Å². The first kappa shape index (κ1) is 12.0. The first-order valence-corrected chi connectivity index (χ1v) is 6.78. The molecule has 0 saturated carbocycles. The molecule has 16 heavy (non-hydrogen) atoms. The summed E-state index contributed by atoms with van der Waals surface area (Å²) in [5, 5.41) is 4.73. The molecule has 0 bridgehead atoms. The van der Waals surface area contributed by atoms with Crippen LogP contribution in [0, 0.1) is 6.92 Å². The Kier molecular flexibility index (Phi) is 3.95. The van der Waals surface area contributed by atoms with Crippen molar-refractivity contribution >= 4 is 11.3 Å². The average Bonchev–Trinajstić information content (AvgIpc) is 2.87. The molecule has 1 aromatic heterocycles. The highest BCUT2D eigenvalue weighted by molar-refractivity contribution is 7.11. The minimum atomic E-state index is 0.366. The van der Waals surface area contributed by atoms with Crippen LogP contribution in [0.2, 0.25) is 0 Å². The van der Waals surface area contributed by atoms with Crippen LogP contribution in [0.5, 0.6) is 0 Å². The third-order valence-electron chi connectivity index (χ3n) is 3.10. The lowest BCUT2D eigenvalue weighted by atomic mass is 10.1. The number of rotatable bonds is 4. The summed E-state index contributed by atoms with van der Waals surface area (Å²) in [6.45, 7) is 7.37. The summed E-state index contributed by atoms with van der Waals surface area (Å²) < 4.78 is 5.68. The highest BCUT2D eigenvalue weighted by Gasteiger charge is 2.23. The van der Waals surface area contributed by atoms with E-state index in [1.54, 1.807) is 11.3 Å². The van der Waals surface area contributed by atoms with Gasteiger partial charge in [0.1, 0.15) is 0 Å². The van der Waals surface area contributed by atoms with Crippen LogP contribution in [0.15, 0.2) is 6.20 Å². The molecule has 0 aromatic carbocycles. The minimum Gasteiger partial charge on any atom is -0.377 e. The summed E-state index contributed by atoms with van der Waals surface area (Å²) >= 11 is 1.77. The Morgan fingerprint density at radius 3 is 2.94 bits per heavy atom. The van der Waals surface area contributed by atoms with Gasteiger partial charge in [0.25, 0.3) is 0 Å². The summed E-state index contributed by atoms with van der Waals surface area (Å²) in [5.74, 6) is 0. The number of hydrogen-bond acceptors (Lipinski definition) is 4. The van der Waals surface area contributed by atoms with Crippen molar-refractivity contribution in [3.05, 3.63) is 16.1 Å². The fraction of sp³-hybridized carbons (Fsp3) is 0.750. The first-order chi connectivity index (χ1) is 7.66. The van der Waals surface area contributed by atoms with E-state index in [1.807, 2.05) is 13.1 Å². The molecule has 3 unspecified atom stereocenters. The van der Waals surface area contributed by atoms with Crippen LogP contribution in [-0.2, 0) is 4.74 Å². The number of hydrogen-bond donors (Lipinski definition) is 1. The Morgan fingerprint density at radius 1 is 1.56 bits per heavy atom. The van der Waals surface area contributed by atoms with Gasteiger partial charge in [-0.15, -0.1) is 11.3 Å². The molecule has 2 rings (SSSR count). The highest BCUT2D eigenvalue weighted by Crippen LogP contribution is 2.22. The van der Waals surface area contributed by atoms with Gasteiger partial charge in [0, 0.05) is 29.8 Å². The minimum absolute atomic E-state index is 0.366. The monoisotopic (exact) mass is 240 g/mol. The van der Waals surface area contributed by atoms with Crippen molar-refractivity contribution in [3.63, 3.8) is 0 Å². The molecule has 2 heterocycles. The zero-order valence-corrected chi connectivity index (χ0v) is 11.0. The molecular formula is C12H20N2OS. The molecule has 0 spiro atoms. The molecule has 0 aliphatic carbocycles. The van der Waals surface area contributed by atoms with E-state index in [0.717, 1.165) is 11.6 Å². The van der Waals surface area contributed by atoms with Gasteiger partial charge in [0.2, 0.25) is 0 Å². The molecule has 0 amide bonds. The molecule has 0 radical (unpaired) electrons. The number of nitrogens with one attached hydrogen (secondary N) is 1. The zero-order chi connectivity index (χ0) is 11.5. The number of nitrogens with zero attached hydrogens (tertiary/aromatic N) is 1. The standard InChI is InChI=1S/C12H20N2OS/c1-8(11-5-4-6-15-11)14-9(2)12-7-13-10(3)16-12/h7-9,11,14H,4-6H2,1-3H3. The number of aromatic nitrogens is 1. The second-order valence-corrected chi connectivity index (χ2v) is 5.78. The predicted molar refractivity (Wildman–Crippen MR) is 66.8 cm³/mol. The largest absolute Gasteiger partial charge is 0.377 e. The molecule has 3 atom stereocenters. The molecule has 1 aliphatic rings. The Morgan fingerprint density at radius 2 is 2.38 bits per heavy atom. The van der Waals surface area contributed by atoms with Crippen molar-refractivity contribution < 1.29 is 4.74 Å². The van der Waals surface area contributed by atoms with Gasteiger partial charge in [-0.3, -0.25) is 0 Å². The summed E-state index contributed by atoms with van der Waals surface area (Å²) in [6.07, 6.45) is 4.74. The molecule has 1 saturated heterocycles. The molecule has 4 heteroatoms. The van der Waals surface area contributed by atoms with Crippen molar-refractivity contribution in [2.24, 2.45) is 0 Å². The highest BCUT2D eigenvalue weighted by atomic mass is 32.1. The summed E-state index contributed by atoms with van der Waals surface area (Å²) in [5.41, 5.74) is 0. The van der Waals surface area contributed by atoms with Crippen molar-refractivity contribution in [2.75, 3.05) is 6.61 Å². The molecular weight excluding hydrogens is 220 g/mol. The van der Waals surface area contributed by atoms with Crippen molar-refractivity contribution in [1.29, 1.82) is 0 Å². The van der Waals surface area contributed by atoms with Crippen LogP contribution >= 0.6 is 11.3 Å². The fourth-order valence-electron chi connectivity index (χ4n) is 2.16. The smallest absolute Gasteiger partial charge is 0.0897 e. The van der Waals surface area contributed by atoms with Gasteiger partial charge in [0.15, 0.2) is 0 Å². The third kappa shape index (κ3) is 2.81. The summed E-state index contributed by atoms with van der Waals surface area (Å²) in [7, 11) is 0. The van der Waals surface area contributed by atoms with Crippen LogP contribution in [0.25, 0.3) is 0 Å². The van der Waals surface area contributed by atoms with E-state index in [1.165, 1.54) is 17.7 Å². The van der Waals surface area contributed by atoms with Crippen LogP contribution in [0.1, 0.15) is 42.6 Å². The third-order valence-corrected chi connectivity index (χ3v) is 4.20. The lowest BCUT2D eigenvalue weighted by Crippen LogP contribution is -2.38. The van der Waals surface area contributed by atoms with Gasteiger partial charge < -0.3 is 10.1 Å². The normalized spacial score (nSPS) is 24.6. The lowest BCUT2D eigenvalue weighted by Gasteiger charge is -2.23. The van der Waals surface area contributed by atoms with Crippen LogP contribution < -0.4 is 5.32 Å². The van der Waals surface area contributed by atoms with Gasteiger partial charge in [-0.2, -0.15) is 0 Å². The van der Waals surface area contributed by atoms with Crippen molar-refractivity contribution in [1.82, 2.24) is 10.3 Å². The van der Waals surface area contributed by atoms with E-state index in [-0.39, 0.29) is 0 Å². The molecule has 90 valence electrons. The fourth-order valence-corrected chi connectivity index (χ4v) is 2.96. The molecule has 3 nitrogen and oxygen atoms in total. The average molecular weight is 240 g/mol. The molecule has 1 N–H and O–H groups in total. The van der Waals surface area contributed by atoms with Crippen molar-refractivity contribution in [2.45, 2.75) is 51.8 Å². The van der Waals surface area contributed by atoms with Gasteiger partial charge >= 0.3 is 0 Å². The molecule has 1 fully saturated rings. The second kappa shape index (κ2) is 5.25. The maximum Gasteiger partial charge on any atom is 0.0897 e. The van der Waals surface area contributed by atoms with Gasteiger partial charge in [-0.1, -0.05) is 0 Å². The summed E-state index contributed by atoms with van der Waals surface area (Å²) in [6, 6.07) is 0.783. The predicted octanol–water partition coefficient (Wildman–Crippen LogP) is 2.67. The Bertz CT molecular complexity index is 334. The van der Waals surface area contributed by atoms with Crippen molar-refractivity contribution in [3.8, 4) is 0 Å². The topological polar surface area (TPSA) is 34.2 Å². The first-order valence-electron chi connectivity index (χ1n) is 5.97. The number of thiazole rings is 1. The lowest BCUT2D eigenvalue weighted by molar-refractivity contribution is 0.0805. The van der Waals surface area contributed by atoms with Gasteiger partial charge in [0.05, 0.1) is 11.1 Å². The Balaban J connectivity index is 1.88. The Labute approximate surface area is 101 Å². The van der Waals surface area contributed by atoms with E-state index >= 15 is 0 Å². The van der Waals surface area contributed by atoms with Crippen LogP contribution in [0.3, 0.4) is 0 Å². The van der Waals surface area contributed by atoms with E-state index in [4.69, 9.17) is 4.74 Å². The van der Waals surface area contributed by atoms with Gasteiger partial charge in [-0.05, 0) is 33.6 Å². The molecule has 1 aliphatic heterocycles. The molecule has 1 aromatic rings. The van der Waals surface area contributed by atoms with E-state index < -0.39 is 0 Å². The summed E-state index contributed by atoms with van der Waals surface area (Å²) in [4.78, 5) is 5.60. The zero-order valence-electron chi connectivity index (χ0n) is 10.2. The van der Waals surface area contributed by atoms with Gasteiger partial charge in [-0.25, -0.2) is 4.98 Å². The van der Waals surface area contributed by atoms with E-state index in [2.05, 4.69) is 24.1 Å². The van der Waals surface area contributed by atoms with Crippen LogP contribution in [-0.4, -0.2) is 23.7 Å². The second-order valence-electron chi connectivity index (χ2n) is 4.51. The maximum absolute atomic E-state index is 5.68. The Hall–Kier alpha value is -0.450. The number of aryl methyl sites for hydroxylation is 1. The number of ether oxygens (including phenoxy) is 1. The quantitative estimate of drug-likeness (QED) is 0.878. The SMILES string of the molecule is Cc1ncc(C(C)NC(C)C2CCCO2)s1. The van der Waals surface area contributed by atoms with E-state index in [9.17, 15) is 0 Å².